The van der Waals surface area contributed by atoms with E-state index in [9.17, 15) is 9.90 Å². The number of halogens is 1. The molecule has 9 heteroatoms. The number of aliphatic hydroxyl groups is 1. The van der Waals surface area contributed by atoms with Crippen molar-refractivity contribution in [3.8, 4) is 16.3 Å². The first-order chi connectivity index (χ1) is 16.9. The van der Waals surface area contributed by atoms with Crippen LogP contribution in [0.1, 0.15) is 46.7 Å². The summed E-state index contributed by atoms with van der Waals surface area (Å²) < 4.78 is 8.19. The summed E-state index contributed by atoms with van der Waals surface area (Å²) >= 11 is 7.62. The van der Waals surface area contributed by atoms with E-state index in [4.69, 9.17) is 22.1 Å². The second-order valence-corrected chi connectivity index (χ2v) is 10.3. The molecular weight excluding hydrogens is 484 g/mol. The maximum atomic E-state index is 12.2. The smallest absolute Gasteiger partial charge is 0.262 e. The van der Waals surface area contributed by atoms with E-state index in [1.54, 1.807) is 6.20 Å². The molecule has 0 radical (unpaired) electrons. The van der Waals surface area contributed by atoms with Gasteiger partial charge >= 0.3 is 0 Å². The predicted octanol–water partition coefficient (Wildman–Crippen LogP) is 4.91. The molecule has 1 aliphatic heterocycles. The molecule has 2 unspecified atom stereocenters. The summed E-state index contributed by atoms with van der Waals surface area (Å²) in [5.74, 6) is -0.112. The van der Waals surface area contributed by atoms with Crippen molar-refractivity contribution in [1.82, 2.24) is 14.3 Å². The quantitative estimate of drug-likeness (QED) is 0.368. The van der Waals surface area contributed by atoms with Crippen molar-refractivity contribution in [2.45, 2.75) is 38.5 Å². The van der Waals surface area contributed by atoms with E-state index >= 15 is 0 Å². The zero-order valence-corrected chi connectivity index (χ0v) is 20.9. The molecule has 1 amide bonds. The summed E-state index contributed by atoms with van der Waals surface area (Å²) in [5, 5.41) is 10.6. The van der Waals surface area contributed by atoms with Gasteiger partial charge in [0.15, 0.2) is 0 Å². The molecular formula is C26H27ClN4O3S. The van der Waals surface area contributed by atoms with Gasteiger partial charge in [0.05, 0.1) is 22.9 Å². The summed E-state index contributed by atoms with van der Waals surface area (Å²) in [6.45, 7) is 4.31. The third kappa shape index (κ3) is 5.06. The third-order valence-electron chi connectivity index (χ3n) is 6.27. The summed E-state index contributed by atoms with van der Waals surface area (Å²) in [6.07, 6.45) is 5.09. The molecule has 3 N–H and O–H groups in total. The molecule has 1 aliphatic rings. The second kappa shape index (κ2) is 9.99. The number of rotatable bonds is 7. The number of likely N-dealkylation sites (tertiary alicyclic amines) is 1. The number of hydrogen-bond donors (Lipinski definition) is 2. The Morgan fingerprint density at radius 3 is 2.94 bits per heavy atom. The minimum atomic E-state index is -0.541. The lowest BCUT2D eigenvalue weighted by molar-refractivity contribution is 0.0668. The first-order valence-electron chi connectivity index (χ1n) is 11.6. The van der Waals surface area contributed by atoms with Gasteiger partial charge in [-0.05, 0) is 44.0 Å². The number of nitrogens with two attached hydrogens (primary N) is 1. The van der Waals surface area contributed by atoms with Crippen LogP contribution >= 0.6 is 22.9 Å². The lowest BCUT2D eigenvalue weighted by Crippen LogP contribution is -2.37. The van der Waals surface area contributed by atoms with E-state index < -0.39 is 5.91 Å². The molecule has 182 valence electrons. The SMILES string of the molecule is CC(Oc1cc(-c2cnc3ccc(CN4CCCC(O)C4)cn23)sc1C(N)=O)c1ccccc1Cl. The van der Waals surface area contributed by atoms with Gasteiger partial charge in [-0.1, -0.05) is 35.9 Å². The minimum Gasteiger partial charge on any atom is -0.484 e. The van der Waals surface area contributed by atoms with E-state index in [-0.39, 0.29) is 12.2 Å². The van der Waals surface area contributed by atoms with Crippen LogP contribution in [0.5, 0.6) is 5.75 Å². The molecule has 0 bridgehead atoms. The van der Waals surface area contributed by atoms with Gasteiger partial charge in [-0.25, -0.2) is 4.98 Å². The van der Waals surface area contributed by atoms with Crippen LogP contribution in [0.4, 0.5) is 0 Å². The van der Waals surface area contributed by atoms with Crippen LogP contribution in [-0.4, -0.2) is 44.5 Å². The maximum Gasteiger partial charge on any atom is 0.262 e. The van der Waals surface area contributed by atoms with Crippen LogP contribution in [0.25, 0.3) is 16.2 Å². The highest BCUT2D eigenvalue weighted by Crippen LogP contribution is 2.39. The van der Waals surface area contributed by atoms with Crippen LogP contribution in [0.3, 0.4) is 0 Å². The van der Waals surface area contributed by atoms with E-state index in [2.05, 4.69) is 22.1 Å². The highest BCUT2D eigenvalue weighted by Gasteiger charge is 2.22. The lowest BCUT2D eigenvalue weighted by atomic mass is 10.1. The normalized spacial score (nSPS) is 17.5. The summed E-state index contributed by atoms with van der Waals surface area (Å²) in [7, 11) is 0. The van der Waals surface area contributed by atoms with Gasteiger partial charge in [0.25, 0.3) is 5.91 Å². The molecule has 1 saturated heterocycles. The predicted molar refractivity (Wildman–Crippen MR) is 138 cm³/mol. The fourth-order valence-electron chi connectivity index (χ4n) is 4.55. The Labute approximate surface area is 212 Å². The third-order valence-corrected chi connectivity index (χ3v) is 7.77. The summed E-state index contributed by atoms with van der Waals surface area (Å²) in [4.78, 5) is 20.2. The Hall–Kier alpha value is -2.91. The molecule has 0 spiro atoms. The Balaban J connectivity index is 1.45. The number of β-amino-alcohol motifs (C(OH)–C–C–N with tert-alkyl or cyclic N) is 1. The summed E-state index contributed by atoms with van der Waals surface area (Å²) in [5.41, 5.74) is 9.32. The highest BCUT2D eigenvalue weighted by molar-refractivity contribution is 7.17. The maximum absolute atomic E-state index is 12.2. The van der Waals surface area contributed by atoms with Crippen molar-refractivity contribution in [1.29, 1.82) is 0 Å². The number of pyridine rings is 1. The highest BCUT2D eigenvalue weighted by atomic mass is 35.5. The number of aromatic nitrogens is 2. The number of imidazole rings is 1. The number of primary amides is 1. The molecule has 4 heterocycles. The zero-order chi connectivity index (χ0) is 24.5. The fourth-order valence-corrected chi connectivity index (χ4v) is 5.79. The second-order valence-electron chi connectivity index (χ2n) is 8.89. The molecule has 1 aromatic carbocycles. The zero-order valence-electron chi connectivity index (χ0n) is 19.4. The van der Waals surface area contributed by atoms with E-state index in [1.165, 1.54) is 11.3 Å². The standard InChI is InChI=1S/C26H27ClN4O3S/c1-16(19-6-2-3-7-20(19)27)34-22-11-23(35-25(22)26(28)33)21-12-29-24-9-8-17(14-31(21)24)13-30-10-4-5-18(32)15-30/h2-3,6-9,11-12,14,16,18,32H,4-5,10,13,15H2,1H3,(H2,28,33). The molecule has 0 aliphatic carbocycles. The molecule has 0 saturated carbocycles. The molecule has 1 fully saturated rings. The number of amides is 1. The molecule has 7 nitrogen and oxygen atoms in total. The fraction of sp³-hybridized carbons (Fsp3) is 0.308. The molecule has 2 atom stereocenters. The van der Waals surface area contributed by atoms with Gasteiger partial charge in [-0.3, -0.25) is 14.1 Å². The van der Waals surface area contributed by atoms with Gasteiger partial charge in [0, 0.05) is 35.9 Å². The Morgan fingerprint density at radius 1 is 1.34 bits per heavy atom. The van der Waals surface area contributed by atoms with Crippen molar-refractivity contribution in [2.75, 3.05) is 13.1 Å². The topological polar surface area (TPSA) is 93.1 Å². The number of hydrogen-bond acceptors (Lipinski definition) is 6. The molecule has 4 aromatic rings. The number of benzene rings is 1. The average Bonchev–Trinajstić information content (AvgIpc) is 3.43. The number of carbonyl (C=O) groups excluding carboxylic acids is 1. The van der Waals surface area contributed by atoms with Crippen molar-refractivity contribution < 1.29 is 14.6 Å². The number of piperidine rings is 1. The monoisotopic (exact) mass is 510 g/mol. The van der Waals surface area contributed by atoms with Gasteiger partial charge in [-0.15, -0.1) is 11.3 Å². The van der Waals surface area contributed by atoms with E-state index in [0.717, 1.165) is 53.3 Å². The molecule has 5 rings (SSSR count). The van der Waals surface area contributed by atoms with Gasteiger partial charge < -0.3 is 15.6 Å². The van der Waals surface area contributed by atoms with Crippen LogP contribution in [-0.2, 0) is 6.54 Å². The number of fused-ring (bicyclic) bond motifs is 1. The van der Waals surface area contributed by atoms with Crippen LogP contribution in [0.15, 0.2) is 54.9 Å². The minimum absolute atomic E-state index is 0.263. The first kappa shape index (κ1) is 23.8. The van der Waals surface area contributed by atoms with Gasteiger partial charge in [-0.2, -0.15) is 0 Å². The number of thiophene rings is 1. The van der Waals surface area contributed by atoms with Crippen molar-refractivity contribution >= 4 is 34.5 Å². The number of aliphatic hydroxyl groups excluding tert-OH is 1. The molecule has 35 heavy (non-hydrogen) atoms. The van der Waals surface area contributed by atoms with Crippen molar-refractivity contribution in [3.05, 3.63) is 75.9 Å². The Kier molecular flexibility index (Phi) is 6.80. The number of ether oxygens (including phenoxy) is 1. The van der Waals surface area contributed by atoms with Crippen molar-refractivity contribution in [2.24, 2.45) is 5.73 Å². The van der Waals surface area contributed by atoms with E-state index in [1.807, 2.05) is 47.7 Å². The first-order valence-corrected chi connectivity index (χ1v) is 12.8. The van der Waals surface area contributed by atoms with Gasteiger partial charge in [0.1, 0.15) is 22.4 Å². The van der Waals surface area contributed by atoms with Gasteiger partial charge in [0.2, 0.25) is 0 Å². The molecule has 3 aromatic heterocycles. The largest absolute Gasteiger partial charge is 0.484 e. The van der Waals surface area contributed by atoms with Crippen LogP contribution in [0.2, 0.25) is 5.02 Å². The average molecular weight is 511 g/mol. The number of carbonyl (C=O) groups is 1. The number of nitrogens with zero attached hydrogens (tertiary/aromatic N) is 3. The summed E-state index contributed by atoms with van der Waals surface area (Å²) in [6, 6.07) is 13.4. The van der Waals surface area contributed by atoms with Crippen LogP contribution in [0, 0.1) is 0 Å². The Morgan fingerprint density at radius 2 is 2.17 bits per heavy atom. The lowest BCUT2D eigenvalue weighted by Gasteiger charge is -2.29. The Bertz CT molecular complexity index is 1370. The van der Waals surface area contributed by atoms with E-state index in [0.29, 0.717) is 22.2 Å². The van der Waals surface area contributed by atoms with Crippen LogP contribution < -0.4 is 10.5 Å². The van der Waals surface area contributed by atoms with Crippen molar-refractivity contribution in [3.63, 3.8) is 0 Å².